The minimum Gasteiger partial charge on any atom is -0.375 e. The van der Waals surface area contributed by atoms with Gasteiger partial charge in [-0.2, -0.15) is 10.2 Å². The lowest BCUT2D eigenvalue weighted by Crippen LogP contribution is -2.41. The van der Waals surface area contributed by atoms with Crippen molar-refractivity contribution in [3.05, 3.63) is 35.9 Å². The van der Waals surface area contributed by atoms with E-state index in [-0.39, 0.29) is 23.4 Å². The zero-order chi connectivity index (χ0) is 22.9. The average Bonchev–Trinajstić information content (AvgIpc) is 3.44. The highest BCUT2D eigenvalue weighted by Crippen LogP contribution is 2.32. The Morgan fingerprint density at radius 2 is 2.09 bits per heavy atom. The molecule has 3 aromatic rings. The normalized spacial score (nSPS) is 20.0. The van der Waals surface area contributed by atoms with Crippen molar-refractivity contribution in [2.75, 3.05) is 29.9 Å². The largest absolute Gasteiger partial charge is 0.375 e. The van der Waals surface area contributed by atoms with E-state index >= 15 is 0 Å². The van der Waals surface area contributed by atoms with Gasteiger partial charge in [0.05, 0.1) is 30.6 Å². The highest BCUT2D eigenvalue weighted by atomic mass is 19.3. The molecule has 4 heterocycles. The summed E-state index contributed by atoms with van der Waals surface area (Å²) in [5.41, 5.74) is 0.186. The first kappa shape index (κ1) is 21.7. The predicted octanol–water partition coefficient (Wildman–Crippen LogP) is 3.85. The van der Waals surface area contributed by atoms with Crippen LogP contribution >= 0.6 is 0 Å². The van der Waals surface area contributed by atoms with Crippen LogP contribution in [-0.2, 0) is 4.74 Å². The van der Waals surface area contributed by atoms with E-state index in [0.29, 0.717) is 31.2 Å². The number of anilines is 2. The maximum atomic E-state index is 13.7. The molecule has 0 radical (unpaired) electrons. The molecular weight excluding hydrogens is 432 g/mol. The summed E-state index contributed by atoms with van der Waals surface area (Å²) < 4.78 is 36.0. The van der Waals surface area contributed by atoms with Crippen molar-refractivity contribution in [1.82, 2.24) is 24.4 Å². The quantitative estimate of drug-likeness (QED) is 0.624. The summed E-state index contributed by atoms with van der Waals surface area (Å²) in [6.07, 6.45) is 7.00. The molecule has 1 saturated carbocycles. The number of amides is 1. The van der Waals surface area contributed by atoms with Gasteiger partial charge in [0.2, 0.25) is 0 Å². The number of hydrogen-bond donors (Lipinski definition) is 1. The third-order valence-electron chi connectivity index (χ3n) is 6.33. The van der Waals surface area contributed by atoms with Gasteiger partial charge in [-0.3, -0.25) is 9.48 Å². The van der Waals surface area contributed by atoms with Crippen molar-refractivity contribution >= 4 is 23.1 Å². The van der Waals surface area contributed by atoms with Gasteiger partial charge in [0.25, 0.3) is 12.3 Å². The molecule has 2 fully saturated rings. The van der Waals surface area contributed by atoms with Crippen LogP contribution in [0.25, 0.3) is 5.65 Å². The Morgan fingerprint density at radius 1 is 1.27 bits per heavy atom. The lowest BCUT2D eigenvalue weighted by molar-refractivity contribution is 0.0529. The zero-order valence-corrected chi connectivity index (χ0v) is 18.5. The van der Waals surface area contributed by atoms with Crippen molar-refractivity contribution in [1.29, 1.82) is 0 Å². The van der Waals surface area contributed by atoms with E-state index in [1.807, 2.05) is 13.0 Å². The van der Waals surface area contributed by atoms with Gasteiger partial charge in [-0.1, -0.05) is 19.3 Å². The number of fused-ring (bicyclic) bond motifs is 1. The number of nitrogens with one attached hydrogen (secondary N) is 1. The Morgan fingerprint density at radius 3 is 2.85 bits per heavy atom. The topological polar surface area (TPSA) is 89.6 Å². The van der Waals surface area contributed by atoms with Crippen molar-refractivity contribution in [3.63, 3.8) is 0 Å². The summed E-state index contributed by atoms with van der Waals surface area (Å²) >= 11 is 0. The number of rotatable bonds is 5. The fraction of sp³-hybridized carbons (Fsp3) is 0.545. The summed E-state index contributed by atoms with van der Waals surface area (Å²) in [7, 11) is 0. The maximum absolute atomic E-state index is 13.7. The number of carbonyl (C=O) groups is 1. The second-order valence-electron chi connectivity index (χ2n) is 8.69. The van der Waals surface area contributed by atoms with E-state index < -0.39 is 18.0 Å². The molecule has 0 bridgehead atoms. The first-order valence-corrected chi connectivity index (χ1v) is 11.4. The Kier molecular flexibility index (Phi) is 5.96. The van der Waals surface area contributed by atoms with Crippen LogP contribution in [0.5, 0.6) is 0 Å². The Balaban J connectivity index is 1.41. The second-order valence-corrected chi connectivity index (χ2v) is 8.69. The third-order valence-corrected chi connectivity index (χ3v) is 6.33. The van der Waals surface area contributed by atoms with Crippen LogP contribution in [0, 0.1) is 0 Å². The van der Waals surface area contributed by atoms with Gasteiger partial charge >= 0.3 is 0 Å². The Bertz CT molecular complexity index is 1140. The van der Waals surface area contributed by atoms with Gasteiger partial charge < -0.3 is 15.0 Å². The molecule has 0 unspecified atom stereocenters. The van der Waals surface area contributed by atoms with Gasteiger partial charge in [-0.15, -0.1) is 0 Å². The highest BCUT2D eigenvalue weighted by molar-refractivity contribution is 6.08. The number of hydrogen-bond acceptors (Lipinski definition) is 6. The molecule has 11 heteroatoms. The van der Waals surface area contributed by atoms with Gasteiger partial charge in [-0.25, -0.2) is 18.3 Å². The van der Waals surface area contributed by atoms with Crippen LogP contribution in [0.1, 0.15) is 67.5 Å². The van der Waals surface area contributed by atoms with Crippen LogP contribution in [0.2, 0.25) is 0 Å². The lowest BCUT2D eigenvalue weighted by atomic mass is 9.96. The number of morpholine rings is 1. The van der Waals surface area contributed by atoms with Gasteiger partial charge in [0, 0.05) is 25.5 Å². The van der Waals surface area contributed by atoms with Crippen LogP contribution in [0.4, 0.5) is 20.3 Å². The Labute approximate surface area is 189 Å². The van der Waals surface area contributed by atoms with E-state index in [2.05, 4.69) is 25.4 Å². The van der Waals surface area contributed by atoms with Crippen LogP contribution in [0.3, 0.4) is 0 Å². The van der Waals surface area contributed by atoms with E-state index in [1.165, 1.54) is 16.9 Å². The average molecular weight is 460 g/mol. The van der Waals surface area contributed by atoms with Crippen LogP contribution in [-0.4, -0.2) is 56.1 Å². The fourth-order valence-corrected chi connectivity index (χ4v) is 4.61. The molecule has 176 valence electrons. The SMILES string of the molecule is C[C@@H]1CN(c2ccn3ncc(C(=O)Nc4cn(C5CCCCC5)nc4C(F)F)c3n2)CCO1. The standard InChI is InChI=1S/C22H27F2N7O2/c1-14-12-29(9-10-33-14)18-7-8-30-21(27-18)16(11-25-30)22(32)26-17-13-31(28-19(17)20(23)24)15-5-3-2-4-6-15/h7-8,11,13-15,20H,2-6,9-10,12H2,1H3,(H,26,32)/t14-/m1/s1. The molecule has 1 aliphatic carbocycles. The zero-order valence-electron chi connectivity index (χ0n) is 18.5. The molecule has 2 aliphatic rings. The van der Waals surface area contributed by atoms with Crippen LogP contribution < -0.4 is 10.2 Å². The Hall–Kier alpha value is -3.08. The molecule has 9 nitrogen and oxygen atoms in total. The summed E-state index contributed by atoms with van der Waals surface area (Å²) in [6, 6.07) is 1.92. The van der Waals surface area contributed by atoms with Crippen LogP contribution in [0.15, 0.2) is 24.7 Å². The van der Waals surface area contributed by atoms with Crippen molar-refractivity contribution in [2.45, 2.75) is 57.6 Å². The number of nitrogens with zero attached hydrogens (tertiary/aromatic N) is 6. The lowest BCUT2D eigenvalue weighted by Gasteiger charge is -2.31. The number of halogens is 2. The maximum Gasteiger partial charge on any atom is 0.284 e. The molecule has 0 spiro atoms. The summed E-state index contributed by atoms with van der Waals surface area (Å²) in [6.45, 7) is 3.98. The highest BCUT2D eigenvalue weighted by Gasteiger charge is 2.26. The third kappa shape index (κ3) is 4.41. The van der Waals surface area contributed by atoms with E-state index in [4.69, 9.17) is 4.74 Å². The molecule has 1 saturated heterocycles. The molecular formula is C22H27F2N7O2. The minimum atomic E-state index is -2.79. The molecule has 1 atom stereocenters. The van der Waals surface area contributed by atoms with E-state index in [9.17, 15) is 13.6 Å². The molecule has 3 aromatic heterocycles. The summed E-state index contributed by atoms with van der Waals surface area (Å²) in [5.74, 6) is 0.167. The molecule has 1 aliphatic heterocycles. The van der Waals surface area contributed by atoms with Gasteiger partial charge in [0.1, 0.15) is 11.4 Å². The molecule has 33 heavy (non-hydrogen) atoms. The van der Waals surface area contributed by atoms with Gasteiger partial charge in [0.15, 0.2) is 11.3 Å². The number of aromatic nitrogens is 5. The number of ether oxygens (including phenoxy) is 1. The van der Waals surface area contributed by atoms with E-state index in [0.717, 1.165) is 32.1 Å². The monoisotopic (exact) mass is 459 g/mol. The second kappa shape index (κ2) is 9.05. The first-order chi connectivity index (χ1) is 16.0. The molecule has 1 amide bonds. The summed E-state index contributed by atoms with van der Waals surface area (Å²) in [5, 5.41) is 10.9. The fourth-order valence-electron chi connectivity index (χ4n) is 4.61. The minimum absolute atomic E-state index is 0.0260. The smallest absolute Gasteiger partial charge is 0.284 e. The van der Waals surface area contributed by atoms with E-state index in [1.54, 1.807) is 10.9 Å². The molecule has 0 aromatic carbocycles. The van der Waals surface area contributed by atoms with Crippen molar-refractivity contribution < 1.29 is 18.3 Å². The summed E-state index contributed by atoms with van der Waals surface area (Å²) in [4.78, 5) is 19.8. The molecule has 5 rings (SSSR count). The number of carbonyl (C=O) groups excluding carboxylic acids is 1. The van der Waals surface area contributed by atoms with Crippen molar-refractivity contribution in [2.24, 2.45) is 0 Å². The predicted molar refractivity (Wildman–Crippen MR) is 118 cm³/mol. The number of alkyl halides is 2. The van der Waals surface area contributed by atoms with Gasteiger partial charge in [-0.05, 0) is 25.8 Å². The first-order valence-electron chi connectivity index (χ1n) is 11.4. The molecule has 1 N–H and O–H groups in total. The van der Waals surface area contributed by atoms with Crippen molar-refractivity contribution in [3.8, 4) is 0 Å².